The van der Waals surface area contributed by atoms with E-state index in [-0.39, 0.29) is 0 Å². The van der Waals surface area contributed by atoms with E-state index in [0.29, 0.717) is 3.29 Å². The minimum Gasteiger partial charge on any atom is -0.206 e. The molecule has 0 rings (SSSR count). The Balaban J connectivity index is 3.33. The molecule has 12 heavy (non-hydrogen) atoms. The summed E-state index contributed by atoms with van der Waals surface area (Å²) in [5.41, 5.74) is 0. The Hall–Kier alpha value is 0.660. The summed E-state index contributed by atoms with van der Waals surface area (Å²) in [5, 5.41) is 0. The summed E-state index contributed by atoms with van der Waals surface area (Å²) in [6.07, 6.45) is 6.36. The van der Waals surface area contributed by atoms with Gasteiger partial charge in [-0.05, 0) is 19.3 Å². The first-order chi connectivity index (χ1) is 5.62. The van der Waals surface area contributed by atoms with Crippen molar-refractivity contribution in [3.8, 4) is 0 Å². The van der Waals surface area contributed by atoms with Crippen LogP contribution in [0.3, 0.4) is 0 Å². The van der Waals surface area contributed by atoms with Crippen molar-refractivity contribution in [3.05, 3.63) is 0 Å². The van der Waals surface area contributed by atoms with E-state index in [1.54, 1.807) is 0 Å². The van der Waals surface area contributed by atoms with E-state index in [0.717, 1.165) is 19.5 Å². The smallest absolute Gasteiger partial charge is 0.0998 e. The molecule has 0 amide bonds. The van der Waals surface area contributed by atoms with Crippen molar-refractivity contribution in [3.63, 3.8) is 0 Å². The number of hydrogen-bond donors (Lipinski definition) is 2. The van der Waals surface area contributed by atoms with E-state index in [9.17, 15) is 0 Å². The molecule has 0 unspecified atom stereocenters. The second-order valence-corrected chi connectivity index (χ2v) is 5.23. The largest absolute Gasteiger partial charge is 0.206 e. The van der Waals surface area contributed by atoms with Gasteiger partial charge in [0.2, 0.25) is 0 Å². The summed E-state index contributed by atoms with van der Waals surface area (Å²) < 4.78 is 0.597. The van der Waals surface area contributed by atoms with Crippen LogP contribution in [0.15, 0.2) is 0 Å². The van der Waals surface area contributed by atoms with Crippen molar-refractivity contribution in [1.29, 1.82) is 0 Å². The molecule has 0 aliphatic rings. The third kappa shape index (κ3) is 7.32. The first kappa shape index (κ1) is 12.7. The average Bonchev–Trinajstić information content (AvgIpc) is 1.98. The minimum atomic E-state index is 0.597. The van der Waals surface area contributed by atoms with Crippen molar-refractivity contribution >= 4 is 25.6 Å². The maximum absolute atomic E-state index is 4.47. The number of quaternary nitrogens is 1. The Morgan fingerprint density at radius 3 is 2.00 bits per heavy atom. The van der Waals surface area contributed by atoms with Crippen LogP contribution in [-0.4, -0.2) is 16.4 Å². The van der Waals surface area contributed by atoms with Crippen molar-refractivity contribution in [2.24, 2.45) is 0 Å². The molecule has 3 heteroatoms. The second-order valence-electron chi connectivity index (χ2n) is 3.39. The Bertz CT molecular complexity index is 105. The molecular weight excluding hydrogens is 186 g/mol. The van der Waals surface area contributed by atoms with Gasteiger partial charge in [0, 0.05) is 0 Å². The fourth-order valence-electron chi connectivity index (χ4n) is 1.26. The lowest BCUT2D eigenvalue weighted by Crippen LogP contribution is -2.29. The van der Waals surface area contributed by atoms with Gasteiger partial charge >= 0.3 is 0 Å². The molecule has 0 atom stereocenters. The van der Waals surface area contributed by atoms with Crippen LogP contribution in [0, 0.1) is 0 Å². The van der Waals surface area contributed by atoms with Crippen LogP contribution in [0.2, 0.25) is 0 Å². The lowest BCUT2D eigenvalue weighted by Gasteiger charge is -2.23. The highest BCUT2D eigenvalue weighted by Crippen LogP contribution is 2.18. The number of nitrogens with zero attached hydrogens (tertiary/aromatic N) is 1. The highest BCUT2D eigenvalue weighted by Gasteiger charge is 2.16. The summed E-state index contributed by atoms with van der Waals surface area (Å²) >= 11 is 8.94. The topological polar surface area (TPSA) is 0 Å². The number of thiol groups is 2. The Labute approximate surface area is 88.2 Å². The molecule has 0 aromatic carbocycles. The maximum atomic E-state index is 4.47. The first-order valence-electron chi connectivity index (χ1n) is 4.95. The van der Waals surface area contributed by atoms with Gasteiger partial charge in [0.05, 0.1) is 38.7 Å². The van der Waals surface area contributed by atoms with E-state index in [1.165, 1.54) is 25.7 Å². The average molecular weight is 208 g/mol. The van der Waals surface area contributed by atoms with E-state index in [1.807, 2.05) is 0 Å². The molecule has 1 nitrogen and oxygen atoms in total. The molecule has 0 aliphatic heterocycles. The lowest BCUT2D eigenvalue weighted by atomic mass is 10.2. The standard InChI is InChI=1S/C9H22NS2/c1-3-5-6-7-9-10(11,12)8-4-2/h11-12H,3-9H2,1-2H3/q+1. The summed E-state index contributed by atoms with van der Waals surface area (Å²) in [5.74, 6) is 0. The predicted molar refractivity (Wildman–Crippen MR) is 62.4 cm³/mol. The van der Waals surface area contributed by atoms with Gasteiger partial charge in [-0.25, -0.2) is 3.29 Å². The van der Waals surface area contributed by atoms with Crippen LogP contribution in [0.4, 0.5) is 0 Å². The van der Waals surface area contributed by atoms with Gasteiger partial charge in [0.25, 0.3) is 0 Å². The van der Waals surface area contributed by atoms with Gasteiger partial charge in [-0.3, -0.25) is 0 Å². The molecular formula is C9H22NS2+. The second kappa shape index (κ2) is 7.10. The van der Waals surface area contributed by atoms with Crippen LogP contribution in [0.1, 0.15) is 46.0 Å². The third-order valence-corrected chi connectivity index (χ3v) is 2.75. The van der Waals surface area contributed by atoms with Gasteiger partial charge in [-0.2, -0.15) is 0 Å². The van der Waals surface area contributed by atoms with E-state index in [2.05, 4.69) is 39.5 Å². The van der Waals surface area contributed by atoms with Crippen LogP contribution in [-0.2, 0) is 0 Å². The minimum absolute atomic E-state index is 0.597. The quantitative estimate of drug-likeness (QED) is 0.357. The molecule has 0 aliphatic carbocycles. The monoisotopic (exact) mass is 208 g/mol. The van der Waals surface area contributed by atoms with Crippen LogP contribution in [0.25, 0.3) is 0 Å². The van der Waals surface area contributed by atoms with Gasteiger partial charge < -0.3 is 0 Å². The van der Waals surface area contributed by atoms with Gasteiger partial charge in [-0.15, -0.1) is 0 Å². The van der Waals surface area contributed by atoms with Crippen LogP contribution in [0.5, 0.6) is 0 Å². The molecule has 0 aromatic rings. The number of rotatable bonds is 7. The van der Waals surface area contributed by atoms with Crippen LogP contribution < -0.4 is 0 Å². The van der Waals surface area contributed by atoms with E-state index in [4.69, 9.17) is 0 Å². The van der Waals surface area contributed by atoms with E-state index >= 15 is 0 Å². The first-order valence-corrected chi connectivity index (χ1v) is 5.75. The van der Waals surface area contributed by atoms with Gasteiger partial charge in [0.1, 0.15) is 0 Å². The molecule has 0 fully saturated rings. The molecule has 0 N–H and O–H groups in total. The molecule has 0 heterocycles. The Morgan fingerprint density at radius 1 is 0.833 bits per heavy atom. The molecule has 0 aromatic heterocycles. The fourth-order valence-corrected chi connectivity index (χ4v) is 1.94. The fraction of sp³-hybridized carbons (Fsp3) is 1.00. The third-order valence-electron chi connectivity index (χ3n) is 1.95. The zero-order valence-electron chi connectivity index (χ0n) is 8.29. The van der Waals surface area contributed by atoms with E-state index < -0.39 is 0 Å². The molecule has 0 saturated carbocycles. The summed E-state index contributed by atoms with van der Waals surface area (Å²) in [6.45, 7) is 6.54. The van der Waals surface area contributed by atoms with Gasteiger partial charge in [0.15, 0.2) is 0 Å². The normalized spacial score (nSPS) is 12.0. The van der Waals surface area contributed by atoms with Crippen molar-refractivity contribution < 1.29 is 3.29 Å². The van der Waals surface area contributed by atoms with Crippen molar-refractivity contribution in [2.45, 2.75) is 46.0 Å². The molecule has 0 bridgehead atoms. The maximum Gasteiger partial charge on any atom is 0.0998 e. The highest BCUT2D eigenvalue weighted by atomic mass is 32.2. The Kier molecular flexibility index (Phi) is 7.49. The Morgan fingerprint density at radius 2 is 1.50 bits per heavy atom. The lowest BCUT2D eigenvalue weighted by molar-refractivity contribution is -0.640. The summed E-state index contributed by atoms with van der Waals surface area (Å²) in [4.78, 5) is 0. The molecule has 74 valence electrons. The number of hydrogen-bond acceptors (Lipinski definition) is 2. The van der Waals surface area contributed by atoms with Crippen molar-refractivity contribution in [1.82, 2.24) is 0 Å². The zero-order valence-corrected chi connectivity index (χ0v) is 10.1. The molecule has 0 spiro atoms. The SMILES string of the molecule is CCCCCC[N+](S)(S)CCC. The van der Waals surface area contributed by atoms with Crippen LogP contribution >= 0.6 is 25.6 Å². The summed E-state index contributed by atoms with van der Waals surface area (Å²) in [6, 6.07) is 0. The molecule has 0 radical (unpaired) electrons. The predicted octanol–water partition coefficient (Wildman–Crippen LogP) is 3.48. The van der Waals surface area contributed by atoms with Crippen molar-refractivity contribution in [2.75, 3.05) is 13.1 Å². The zero-order chi connectivity index (χ0) is 9.45. The summed E-state index contributed by atoms with van der Waals surface area (Å²) in [7, 11) is 0. The number of unbranched alkanes of at least 4 members (excludes halogenated alkanes) is 3. The highest BCUT2D eigenvalue weighted by molar-refractivity contribution is 7.87. The molecule has 0 saturated heterocycles. The van der Waals surface area contributed by atoms with Gasteiger partial charge in [-0.1, -0.05) is 26.7 Å².